The van der Waals surface area contributed by atoms with E-state index in [4.69, 9.17) is 28.4 Å². The van der Waals surface area contributed by atoms with Crippen molar-refractivity contribution in [1.29, 1.82) is 0 Å². The molecule has 3 aliphatic rings. The molecule has 19 heteroatoms. The average Bonchev–Trinajstić information content (AvgIpc) is 0.783. The lowest BCUT2D eigenvalue weighted by atomic mass is 9.96. The minimum absolute atomic E-state index is 0.235. The summed E-state index contributed by atoms with van der Waals surface area (Å²) >= 11 is 0. The van der Waals surface area contributed by atoms with Gasteiger partial charge in [-0.1, -0.05) is 306 Å². The molecule has 0 aliphatic carbocycles. The summed E-state index contributed by atoms with van der Waals surface area (Å²) in [6.07, 6.45) is 51.0. The molecule has 0 spiro atoms. The number of aliphatic hydroxyl groups excluding tert-OH is 11. The first-order valence-electron chi connectivity index (χ1n) is 40.9. The summed E-state index contributed by atoms with van der Waals surface area (Å²) in [4.78, 5) is 13.5. The average molecular weight is 1430 g/mol. The third-order valence-corrected chi connectivity index (χ3v) is 20.3. The Morgan fingerprint density at radius 1 is 0.360 bits per heavy atom. The van der Waals surface area contributed by atoms with Crippen LogP contribution in [0.5, 0.6) is 0 Å². The molecule has 3 saturated heterocycles. The van der Waals surface area contributed by atoms with Crippen LogP contribution in [0.15, 0.2) is 48.6 Å². The second kappa shape index (κ2) is 61.9. The molecule has 586 valence electrons. The number of aliphatic hydroxyl groups is 11. The molecular formula is C81H149NO18. The molecule has 0 saturated carbocycles. The zero-order valence-corrected chi connectivity index (χ0v) is 62.7. The van der Waals surface area contributed by atoms with E-state index in [0.29, 0.717) is 12.8 Å². The van der Waals surface area contributed by atoms with E-state index in [9.17, 15) is 61.0 Å². The van der Waals surface area contributed by atoms with Crippen LogP contribution in [0, 0.1) is 0 Å². The van der Waals surface area contributed by atoms with Gasteiger partial charge in [-0.3, -0.25) is 4.79 Å². The lowest BCUT2D eigenvalue weighted by molar-refractivity contribution is -0.379. The number of amides is 1. The highest BCUT2D eigenvalue weighted by Crippen LogP contribution is 2.33. The van der Waals surface area contributed by atoms with Crippen molar-refractivity contribution in [3.8, 4) is 0 Å². The first-order chi connectivity index (χ1) is 48.8. The third kappa shape index (κ3) is 41.6. The van der Waals surface area contributed by atoms with Crippen molar-refractivity contribution in [2.24, 2.45) is 0 Å². The van der Waals surface area contributed by atoms with E-state index in [2.05, 4.69) is 55.6 Å². The third-order valence-electron chi connectivity index (χ3n) is 20.3. The molecule has 0 aromatic rings. The summed E-state index contributed by atoms with van der Waals surface area (Å²) in [5.74, 6) is -0.283. The number of ether oxygens (including phenoxy) is 6. The van der Waals surface area contributed by atoms with Crippen LogP contribution in [0.4, 0.5) is 0 Å². The molecule has 0 bridgehead atoms. The largest absolute Gasteiger partial charge is 0.394 e. The second-order valence-electron chi connectivity index (χ2n) is 29.2. The Morgan fingerprint density at radius 3 is 1.06 bits per heavy atom. The Kier molecular flexibility index (Phi) is 56.9. The maximum Gasteiger partial charge on any atom is 0.220 e. The zero-order valence-electron chi connectivity index (χ0n) is 62.7. The predicted octanol–water partition coefficient (Wildman–Crippen LogP) is 13.7. The van der Waals surface area contributed by atoms with Crippen LogP contribution in [-0.2, 0) is 33.2 Å². The molecule has 100 heavy (non-hydrogen) atoms. The molecule has 1 amide bonds. The van der Waals surface area contributed by atoms with Crippen LogP contribution >= 0.6 is 0 Å². The Morgan fingerprint density at radius 2 is 0.670 bits per heavy atom. The molecule has 0 aromatic carbocycles. The van der Waals surface area contributed by atoms with E-state index in [1.54, 1.807) is 6.08 Å². The van der Waals surface area contributed by atoms with E-state index < -0.39 is 124 Å². The van der Waals surface area contributed by atoms with Crippen molar-refractivity contribution >= 4 is 5.91 Å². The van der Waals surface area contributed by atoms with Crippen LogP contribution < -0.4 is 5.32 Å². The van der Waals surface area contributed by atoms with E-state index in [0.717, 1.165) is 44.9 Å². The van der Waals surface area contributed by atoms with Crippen molar-refractivity contribution in [2.75, 3.05) is 26.4 Å². The predicted molar refractivity (Wildman–Crippen MR) is 397 cm³/mol. The first-order valence-corrected chi connectivity index (χ1v) is 40.9. The van der Waals surface area contributed by atoms with Crippen LogP contribution in [0.2, 0.25) is 0 Å². The lowest BCUT2D eigenvalue weighted by Gasteiger charge is -2.48. The zero-order chi connectivity index (χ0) is 72.5. The Labute approximate surface area is 605 Å². The fraction of sp³-hybridized carbons (Fsp3) is 0.889. The maximum atomic E-state index is 13.5. The van der Waals surface area contributed by atoms with Gasteiger partial charge in [0.25, 0.3) is 0 Å². The number of rotatable bonds is 65. The van der Waals surface area contributed by atoms with Gasteiger partial charge < -0.3 is 89.9 Å². The van der Waals surface area contributed by atoms with Gasteiger partial charge in [-0.2, -0.15) is 0 Å². The van der Waals surface area contributed by atoms with Gasteiger partial charge in [-0.25, -0.2) is 0 Å². The highest BCUT2D eigenvalue weighted by atomic mass is 16.8. The summed E-state index contributed by atoms with van der Waals surface area (Å²) in [6.45, 7) is 1.75. The van der Waals surface area contributed by atoms with Crippen LogP contribution in [0.25, 0.3) is 0 Å². The summed E-state index contributed by atoms with van der Waals surface area (Å²) in [6, 6.07) is -0.993. The molecular weight excluding hydrogens is 1270 g/mol. The van der Waals surface area contributed by atoms with Gasteiger partial charge in [0.2, 0.25) is 5.91 Å². The Bertz CT molecular complexity index is 1990. The topological polar surface area (TPSA) is 307 Å². The summed E-state index contributed by atoms with van der Waals surface area (Å²) in [7, 11) is 0. The number of carbonyl (C=O) groups is 1. The van der Waals surface area contributed by atoms with E-state index in [1.807, 2.05) is 6.08 Å². The molecule has 17 atom stereocenters. The number of carbonyl (C=O) groups excluding carboxylic acids is 1. The SMILES string of the molecule is CCCCCCC/C=C\C/C=C\CCCCCCCCCCCCCCCC(=O)NC(COC1OC(CO)C(OC2OC(CO)C(OC3OC(CO)C(O)C(O)C3O)C(O)C2O)C(O)C1O)C(O)/C=C/CC/C=C/CCCCCCCCCCCCCCCCCCCCCCCCCC. The fourth-order valence-corrected chi connectivity index (χ4v) is 13.8. The van der Waals surface area contributed by atoms with E-state index in [1.165, 1.54) is 250 Å². The van der Waals surface area contributed by atoms with Gasteiger partial charge >= 0.3 is 0 Å². The molecule has 3 rings (SSSR count). The van der Waals surface area contributed by atoms with Crippen molar-refractivity contribution < 1.29 is 89.4 Å². The minimum Gasteiger partial charge on any atom is -0.394 e. The summed E-state index contributed by atoms with van der Waals surface area (Å²) < 4.78 is 34.4. The second-order valence-corrected chi connectivity index (χ2v) is 29.2. The number of nitrogens with one attached hydrogen (secondary N) is 1. The highest BCUT2D eigenvalue weighted by molar-refractivity contribution is 5.76. The molecule has 0 radical (unpaired) electrons. The minimum atomic E-state index is -1.98. The monoisotopic (exact) mass is 1420 g/mol. The standard InChI is InChI=1S/C81H149NO18/c1-3-5-7-9-11-13-15-17-19-21-23-25-27-29-30-31-32-33-35-36-38-40-42-44-46-48-50-52-54-56-58-65(86)64(82-69(87)59-57-55-53-51-49-47-45-43-41-39-37-34-28-26-24-22-20-18-16-14-12-10-8-6-4-2)63-95-79-75(93)72(90)77(67(61-84)97-79)100-81-76(94)73(91)78(68(62-85)98-81)99-80-74(92)71(89)70(88)66(60-83)96-80/h16,18,22,24,48,50,56,58,64-68,70-81,83-86,88-94H,3-15,17,19-21,23,25-47,49,51-55,57,59-63H2,1-2H3,(H,82,87)/b18-16-,24-22-,50-48+,58-56+. The molecule has 0 aromatic heterocycles. The first kappa shape index (κ1) is 92.0. The van der Waals surface area contributed by atoms with Crippen molar-refractivity contribution in [3.05, 3.63) is 48.6 Å². The van der Waals surface area contributed by atoms with Crippen LogP contribution in [0.3, 0.4) is 0 Å². The van der Waals surface area contributed by atoms with Crippen LogP contribution in [0.1, 0.15) is 328 Å². The van der Waals surface area contributed by atoms with Crippen molar-refractivity contribution in [2.45, 2.75) is 433 Å². The molecule has 12 N–H and O–H groups in total. The van der Waals surface area contributed by atoms with Gasteiger partial charge in [0.1, 0.15) is 73.2 Å². The molecule has 3 heterocycles. The number of hydrogen-bond acceptors (Lipinski definition) is 18. The smallest absolute Gasteiger partial charge is 0.220 e. The van der Waals surface area contributed by atoms with Crippen LogP contribution in [-0.4, -0.2) is 193 Å². The van der Waals surface area contributed by atoms with E-state index >= 15 is 0 Å². The van der Waals surface area contributed by atoms with Gasteiger partial charge in [-0.05, 0) is 64.2 Å². The van der Waals surface area contributed by atoms with Gasteiger partial charge in [0.15, 0.2) is 18.9 Å². The fourth-order valence-electron chi connectivity index (χ4n) is 13.8. The van der Waals surface area contributed by atoms with Crippen molar-refractivity contribution in [1.82, 2.24) is 5.32 Å². The quantitative estimate of drug-likeness (QED) is 0.0199. The normalized spacial score (nSPS) is 26.7. The van der Waals surface area contributed by atoms with Gasteiger partial charge in [-0.15, -0.1) is 0 Å². The number of allylic oxidation sites excluding steroid dienone is 7. The lowest BCUT2D eigenvalue weighted by Crippen LogP contribution is -2.66. The van der Waals surface area contributed by atoms with E-state index in [-0.39, 0.29) is 18.9 Å². The Hall–Kier alpha value is -2.25. The molecule has 19 nitrogen and oxygen atoms in total. The molecule has 3 fully saturated rings. The maximum absolute atomic E-state index is 13.5. The van der Waals surface area contributed by atoms with Gasteiger partial charge in [0.05, 0.1) is 38.6 Å². The number of hydrogen-bond donors (Lipinski definition) is 12. The molecule has 3 aliphatic heterocycles. The summed E-state index contributed by atoms with van der Waals surface area (Å²) in [5.41, 5.74) is 0. The molecule has 17 unspecified atom stereocenters. The summed E-state index contributed by atoms with van der Waals surface area (Å²) in [5, 5.41) is 121. The number of unbranched alkanes of at least 4 members (excludes halogenated alkanes) is 43. The van der Waals surface area contributed by atoms with Crippen molar-refractivity contribution in [3.63, 3.8) is 0 Å². The van der Waals surface area contributed by atoms with Gasteiger partial charge in [0, 0.05) is 6.42 Å². The Balaban J connectivity index is 1.39. The highest BCUT2D eigenvalue weighted by Gasteiger charge is 2.54.